The van der Waals surface area contributed by atoms with Crippen molar-refractivity contribution in [3.8, 4) is 51.0 Å². The summed E-state index contributed by atoms with van der Waals surface area (Å²) in [7, 11) is 0. The molecule has 3 aromatic heterocycles. The molecule has 0 saturated heterocycles. The van der Waals surface area contributed by atoms with Gasteiger partial charge in [0.05, 0.1) is 21.4 Å². The zero-order valence-electron chi connectivity index (χ0n) is 29.9. The maximum Gasteiger partial charge on any atom is 0.166 e. The Kier molecular flexibility index (Phi) is 8.07. The third-order valence-electron chi connectivity index (χ3n) is 10.5. The Morgan fingerprint density at radius 3 is 1.85 bits per heavy atom. The van der Waals surface area contributed by atoms with Crippen LogP contribution in [0.2, 0.25) is 0 Å². The van der Waals surface area contributed by atoms with Gasteiger partial charge in [-0.2, -0.15) is 0 Å². The lowest BCUT2D eigenvalue weighted by atomic mass is 10.0. The fraction of sp³-hybridized carbons (Fsp3) is 0.0816. The molecule has 0 amide bonds. The molecule has 0 fully saturated rings. The minimum Gasteiger partial charge on any atom is -0.307 e. The highest BCUT2D eigenvalue weighted by atomic mass is 32.1. The van der Waals surface area contributed by atoms with Crippen LogP contribution in [0.1, 0.15) is 25.3 Å². The Hall–Kier alpha value is -6.43. The van der Waals surface area contributed by atoms with Gasteiger partial charge in [-0.1, -0.05) is 153 Å². The highest BCUT2D eigenvalue weighted by Crippen LogP contribution is 2.44. The van der Waals surface area contributed by atoms with Crippen LogP contribution in [-0.4, -0.2) is 19.5 Å². The molecular weight excluding hydrogens is 677 g/mol. The topological polar surface area (TPSA) is 43.6 Å². The first kappa shape index (κ1) is 32.2. The van der Waals surface area contributed by atoms with Crippen LogP contribution in [0.4, 0.5) is 0 Å². The van der Waals surface area contributed by atoms with E-state index in [2.05, 4.69) is 169 Å². The van der Waals surface area contributed by atoms with Gasteiger partial charge in [-0.3, -0.25) is 0 Å². The van der Waals surface area contributed by atoms with Gasteiger partial charge in [0.1, 0.15) is 0 Å². The summed E-state index contributed by atoms with van der Waals surface area (Å²) in [6.45, 7) is 2.23. The molecule has 4 nitrogen and oxygen atoms in total. The van der Waals surface area contributed by atoms with Gasteiger partial charge < -0.3 is 4.57 Å². The second-order valence-electron chi connectivity index (χ2n) is 13.9. The molecule has 0 saturated carbocycles. The van der Waals surface area contributed by atoms with Gasteiger partial charge in [0, 0.05) is 42.9 Å². The Bertz CT molecular complexity index is 2960. The Labute approximate surface area is 318 Å². The molecule has 3 heterocycles. The van der Waals surface area contributed by atoms with E-state index < -0.39 is 0 Å². The van der Waals surface area contributed by atoms with Crippen molar-refractivity contribution in [2.75, 3.05) is 0 Å². The number of fused-ring (bicyclic) bond motifs is 7. The van der Waals surface area contributed by atoms with E-state index in [1.807, 2.05) is 17.4 Å². The predicted octanol–water partition coefficient (Wildman–Crippen LogP) is 13.3. The van der Waals surface area contributed by atoms with E-state index in [0.717, 1.165) is 39.9 Å². The second-order valence-corrected chi connectivity index (χ2v) is 14.9. The summed E-state index contributed by atoms with van der Waals surface area (Å²) < 4.78 is 4.99. The summed E-state index contributed by atoms with van der Waals surface area (Å²) in [4.78, 5) is 15.6. The average Bonchev–Trinajstić information content (AvgIpc) is 3.79. The quantitative estimate of drug-likeness (QED) is 0.158. The minimum absolute atomic E-state index is 0.641. The molecule has 0 aliphatic carbocycles. The number of aromatic nitrogens is 4. The minimum atomic E-state index is 0.641. The van der Waals surface area contributed by atoms with Crippen LogP contribution in [0.25, 0.3) is 93.0 Å². The van der Waals surface area contributed by atoms with Crippen LogP contribution in [0, 0.1) is 0 Å². The van der Waals surface area contributed by atoms with E-state index >= 15 is 0 Å². The van der Waals surface area contributed by atoms with Crippen molar-refractivity contribution in [2.45, 2.75) is 26.2 Å². The Morgan fingerprint density at radius 1 is 0.481 bits per heavy atom. The molecule has 0 radical (unpaired) electrons. The van der Waals surface area contributed by atoms with E-state index in [0.29, 0.717) is 17.5 Å². The zero-order valence-corrected chi connectivity index (χ0v) is 30.7. The van der Waals surface area contributed by atoms with E-state index in [1.165, 1.54) is 60.4 Å². The summed E-state index contributed by atoms with van der Waals surface area (Å²) in [5.41, 5.74) is 9.92. The van der Waals surface area contributed by atoms with Gasteiger partial charge in [-0.25, -0.2) is 15.0 Å². The molecular formula is C49H36N4S. The third kappa shape index (κ3) is 5.56. The number of rotatable bonds is 8. The van der Waals surface area contributed by atoms with Crippen LogP contribution in [0.15, 0.2) is 164 Å². The fourth-order valence-corrected chi connectivity index (χ4v) is 8.98. The SMILES string of the molecule is CCCCc1ccc(-c2nc(-c3ccc(-c4ccccc4)cc3)nc(-c3ccccc3-n3c4ccccc4c4ccc5c6ccccc6sc5c43)n2)cc1. The first-order valence-electron chi connectivity index (χ1n) is 18.7. The molecule has 0 aliphatic heterocycles. The number of unbranched alkanes of at least 4 members (excludes halogenated alkanes) is 1. The number of benzene rings is 7. The molecule has 0 unspecified atom stereocenters. The number of hydrogen-bond acceptors (Lipinski definition) is 4. The first-order chi connectivity index (χ1) is 26.7. The smallest absolute Gasteiger partial charge is 0.166 e. The van der Waals surface area contributed by atoms with Crippen molar-refractivity contribution in [1.29, 1.82) is 0 Å². The van der Waals surface area contributed by atoms with Crippen molar-refractivity contribution < 1.29 is 0 Å². The van der Waals surface area contributed by atoms with E-state index in [4.69, 9.17) is 15.0 Å². The molecule has 54 heavy (non-hydrogen) atoms. The summed E-state index contributed by atoms with van der Waals surface area (Å²) in [5.74, 6) is 1.95. The summed E-state index contributed by atoms with van der Waals surface area (Å²) in [5, 5.41) is 5.02. The molecule has 258 valence electrons. The van der Waals surface area contributed by atoms with Crippen molar-refractivity contribution in [2.24, 2.45) is 0 Å². The van der Waals surface area contributed by atoms with Crippen LogP contribution in [-0.2, 0) is 6.42 Å². The second kappa shape index (κ2) is 13.5. The molecule has 0 aliphatic rings. The number of nitrogens with zero attached hydrogens (tertiary/aromatic N) is 4. The number of aryl methyl sites for hydroxylation is 1. The number of hydrogen-bond donors (Lipinski definition) is 0. The predicted molar refractivity (Wildman–Crippen MR) is 227 cm³/mol. The molecule has 0 bridgehead atoms. The molecule has 0 spiro atoms. The van der Waals surface area contributed by atoms with Crippen LogP contribution in [0.5, 0.6) is 0 Å². The van der Waals surface area contributed by atoms with Crippen LogP contribution < -0.4 is 0 Å². The summed E-state index contributed by atoms with van der Waals surface area (Å²) in [6.07, 6.45) is 3.41. The van der Waals surface area contributed by atoms with Crippen molar-refractivity contribution in [1.82, 2.24) is 19.5 Å². The van der Waals surface area contributed by atoms with E-state index in [1.54, 1.807) is 0 Å². The lowest BCUT2D eigenvalue weighted by molar-refractivity contribution is 0.795. The molecule has 7 aromatic carbocycles. The highest BCUT2D eigenvalue weighted by Gasteiger charge is 2.21. The molecule has 10 aromatic rings. The number of para-hydroxylation sites is 2. The summed E-state index contributed by atoms with van der Waals surface area (Å²) in [6, 6.07) is 58.3. The lowest BCUT2D eigenvalue weighted by Gasteiger charge is -2.15. The lowest BCUT2D eigenvalue weighted by Crippen LogP contribution is -2.03. The van der Waals surface area contributed by atoms with Gasteiger partial charge in [-0.05, 0) is 53.8 Å². The maximum absolute atomic E-state index is 5.25. The molecule has 10 rings (SSSR count). The first-order valence-corrected chi connectivity index (χ1v) is 19.5. The standard InChI is InChI=1S/C49H36N4S/c1-2-3-13-32-22-24-35(25-23-32)47-50-48(36-28-26-34(27-29-36)33-14-5-4-6-15-33)52-49(51-47)41-18-8-11-20-43(41)53-42-19-10-7-16-37(42)39-30-31-40-38-17-9-12-21-44(38)54-46(40)45(39)53/h4-12,14-31H,2-3,13H2,1H3. The van der Waals surface area contributed by atoms with Gasteiger partial charge in [0.2, 0.25) is 0 Å². The van der Waals surface area contributed by atoms with Crippen molar-refractivity contribution >= 4 is 53.3 Å². The van der Waals surface area contributed by atoms with Gasteiger partial charge in [-0.15, -0.1) is 11.3 Å². The average molecular weight is 713 g/mol. The highest BCUT2D eigenvalue weighted by molar-refractivity contribution is 7.26. The largest absolute Gasteiger partial charge is 0.307 e. The van der Waals surface area contributed by atoms with Crippen LogP contribution >= 0.6 is 11.3 Å². The number of thiophene rings is 1. The van der Waals surface area contributed by atoms with Crippen molar-refractivity contribution in [3.05, 3.63) is 169 Å². The summed E-state index contributed by atoms with van der Waals surface area (Å²) >= 11 is 1.86. The van der Waals surface area contributed by atoms with Gasteiger partial charge in [0.25, 0.3) is 0 Å². The van der Waals surface area contributed by atoms with E-state index in [9.17, 15) is 0 Å². The Balaban J connectivity index is 1.19. The Morgan fingerprint density at radius 2 is 1.07 bits per heavy atom. The van der Waals surface area contributed by atoms with Gasteiger partial charge in [0.15, 0.2) is 17.5 Å². The zero-order chi connectivity index (χ0) is 36.0. The fourth-order valence-electron chi connectivity index (χ4n) is 7.74. The normalized spacial score (nSPS) is 11.6. The van der Waals surface area contributed by atoms with E-state index in [-0.39, 0.29) is 0 Å². The van der Waals surface area contributed by atoms with Gasteiger partial charge >= 0.3 is 0 Å². The maximum atomic E-state index is 5.25. The van der Waals surface area contributed by atoms with Crippen LogP contribution in [0.3, 0.4) is 0 Å². The molecule has 0 N–H and O–H groups in total. The van der Waals surface area contributed by atoms with Crippen molar-refractivity contribution in [3.63, 3.8) is 0 Å². The molecule has 0 atom stereocenters. The monoisotopic (exact) mass is 712 g/mol. The third-order valence-corrected chi connectivity index (χ3v) is 11.7. The molecule has 5 heteroatoms.